The Morgan fingerprint density at radius 2 is 1.67 bits per heavy atom. The summed E-state index contributed by atoms with van der Waals surface area (Å²) in [6, 6.07) is 8.96. The van der Waals surface area contributed by atoms with E-state index >= 15 is 0 Å². The lowest BCUT2D eigenvalue weighted by molar-refractivity contribution is -0.915. The van der Waals surface area contributed by atoms with Gasteiger partial charge < -0.3 is 0 Å². The second-order valence-electron chi connectivity index (χ2n) is 6.10. The summed E-state index contributed by atoms with van der Waals surface area (Å²) in [5.74, 6) is 6.00. The highest BCUT2D eigenvalue weighted by atomic mass is 15.5. The van der Waals surface area contributed by atoms with Gasteiger partial charge in [-0.1, -0.05) is 29.8 Å². The van der Waals surface area contributed by atoms with Crippen LogP contribution in [0.25, 0.3) is 5.57 Å². The number of hydrogen-bond donors (Lipinski definition) is 1. The van der Waals surface area contributed by atoms with Gasteiger partial charge in [0.05, 0.1) is 14.1 Å². The predicted molar refractivity (Wildman–Crippen MR) is 77.5 cm³/mol. The van der Waals surface area contributed by atoms with Crippen molar-refractivity contribution in [2.75, 3.05) is 14.1 Å². The molecule has 2 rings (SSSR count). The maximum atomic E-state index is 6.00. The molecule has 0 radical (unpaired) electrons. The van der Waals surface area contributed by atoms with E-state index in [2.05, 4.69) is 31.2 Å². The van der Waals surface area contributed by atoms with E-state index in [-0.39, 0.29) is 0 Å². The van der Waals surface area contributed by atoms with Crippen LogP contribution in [-0.4, -0.2) is 18.7 Å². The molecule has 0 aliphatic heterocycles. The van der Waals surface area contributed by atoms with Gasteiger partial charge in [-0.2, -0.15) is 5.84 Å². The summed E-state index contributed by atoms with van der Waals surface area (Å²) in [5, 5.41) is 0. The van der Waals surface area contributed by atoms with E-state index in [0.717, 1.165) is 6.54 Å². The highest BCUT2D eigenvalue weighted by molar-refractivity contribution is 5.69. The molecule has 1 aromatic rings. The summed E-state index contributed by atoms with van der Waals surface area (Å²) in [6.07, 6.45) is 5.20. The van der Waals surface area contributed by atoms with Gasteiger partial charge in [0, 0.05) is 5.56 Å². The van der Waals surface area contributed by atoms with Gasteiger partial charge in [-0.05, 0) is 43.7 Å². The summed E-state index contributed by atoms with van der Waals surface area (Å²) in [4.78, 5) is 0. The van der Waals surface area contributed by atoms with Crippen LogP contribution in [0.1, 0.15) is 43.7 Å². The molecule has 0 atom stereocenters. The minimum absolute atomic E-state index is 0.487. The first kappa shape index (κ1) is 13.3. The van der Waals surface area contributed by atoms with Crippen LogP contribution in [0.3, 0.4) is 0 Å². The van der Waals surface area contributed by atoms with E-state index in [1.165, 1.54) is 36.8 Å². The second-order valence-corrected chi connectivity index (χ2v) is 6.10. The number of nitrogens with two attached hydrogens (primary N) is 1. The number of nitrogens with zero attached hydrogens (tertiary/aromatic N) is 1. The summed E-state index contributed by atoms with van der Waals surface area (Å²) in [7, 11) is 4.03. The highest BCUT2D eigenvalue weighted by Crippen LogP contribution is 2.32. The molecule has 2 heteroatoms. The lowest BCUT2D eigenvalue weighted by atomic mass is 9.88. The monoisotopic (exact) mass is 245 g/mol. The second kappa shape index (κ2) is 5.25. The predicted octanol–water partition coefficient (Wildman–Crippen LogP) is 3.48. The number of hydrogen-bond acceptors (Lipinski definition) is 1. The molecule has 0 bridgehead atoms. The molecule has 2 nitrogen and oxygen atoms in total. The standard InChI is InChI=1S/C16H25N2/c1-13-6-4-5-7-16(13)15-10-8-14(9-11-15)12-18(2,3)17/h8-11H,4-7,12,17H2,1-3H3/q+1. The van der Waals surface area contributed by atoms with Crippen LogP contribution in [0.4, 0.5) is 0 Å². The van der Waals surface area contributed by atoms with Gasteiger partial charge in [0.15, 0.2) is 0 Å². The van der Waals surface area contributed by atoms with Crippen LogP contribution in [0.5, 0.6) is 0 Å². The largest absolute Gasteiger partial charge is 0.249 e. The molecular weight excluding hydrogens is 220 g/mol. The van der Waals surface area contributed by atoms with Crippen LogP contribution >= 0.6 is 0 Å². The zero-order valence-corrected chi connectivity index (χ0v) is 11.9. The van der Waals surface area contributed by atoms with Crippen LogP contribution in [0.2, 0.25) is 0 Å². The lowest BCUT2D eigenvalue weighted by Gasteiger charge is -2.23. The number of benzene rings is 1. The Morgan fingerprint density at radius 3 is 2.22 bits per heavy atom. The van der Waals surface area contributed by atoms with Crippen molar-refractivity contribution in [3.63, 3.8) is 0 Å². The lowest BCUT2D eigenvalue weighted by Crippen LogP contribution is -2.45. The molecular formula is C16H25N2+. The minimum atomic E-state index is 0.487. The van der Waals surface area contributed by atoms with Crippen molar-refractivity contribution < 1.29 is 4.59 Å². The Kier molecular flexibility index (Phi) is 3.88. The zero-order valence-electron chi connectivity index (χ0n) is 11.9. The fourth-order valence-corrected chi connectivity index (χ4v) is 2.73. The van der Waals surface area contributed by atoms with Crippen LogP contribution < -0.4 is 5.84 Å². The quantitative estimate of drug-likeness (QED) is 0.492. The van der Waals surface area contributed by atoms with Crippen LogP contribution in [0.15, 0.2) is 29.8 Å². The average Bonchev–Trinajstić information content (AvgIpc) is 2.29. The molecule has 1 aliphatic rings. The zero-order chi connectivity index (χ0) is 13.2. The molecule has 0 fully saturated rings. The molecule has 1 aliphatic carbocycles. The molecule has 2 N–H and O–H groups in total. The first-order chi connectivity index (χ1) is 8.46. The van der Waals surface area contributed by atoms with Crippen LogP contribution in [-0.2, 0) is 6.54 Å². The third kappa shape index (κ3) is 3.44. The van der Waals surface area contributed by atoms with E-state index in [1.54, 1.807) is 11.1 Å². The van der Waals surface area contributed by atoms with Gasteiger partial charge in [-0.3, -0.25) is 0 Å². The van der Waals surface area contributed by atoms with Gasteiger partial charge in [-0.25, -0.2) is 4.59 Å². The normalized spacial score (nSPS) is 17.1. The first-order valence-electron chi connectivity index (χ1n) is 6.85. The Bertz CT molecular complexity index is 435. The minimum Gasteiger partial charge on any atom is -0.249 e. The van der Waals surface area contributed by atoms with Gasteiger partial charge in [0.2, 0.25) is 0 Å². The molecule has 0 saturated heterocycles. The van der Waals surface area contributed by atoms with Crippen molar-refractivity contribution in [1.29, 1.82) is 0 Å². The smallest absolute Gasteiger partial charge is 0.121 e. The molecule has 18 heavy (non-hydrogen) atoms. The van der Waals surface area contributed by atoms with E-state index in [9.17, 15) is 0 Å². The van der Waals surface area contributed by atoms with Crippen LogP contribution in [0, 0.1) is 0 Å². The van der Waals surface area contributed by atoms with Crippen molar-refractivity contribution >= 4 is 5.57 Å². The van der Waals surface area contributed by atoms with Crippen molar-refractivity contribution in [3.8, 4) is 0 Å². The Hall–Kier alpha value is -1.12. The molecule has 0 aromatic heterocycles. The van der Waals surface area contributed by atoms with Crippen molar-refractivity contribution in [2.24, 2.45) is 5.84 Å². The van der Waals surface area contributed by atoms with Gasteiger partial charge >= 0.3 is 0 Å². The number of rotatable bonds is 3. The number of quaternary nitrogens is 1. The topological polar surface area (TPSA) is 26.0 Å². The number of allylic oxidation sites excluding steroid dienone is 2. The first-order valence-corrected chi connectivity index (χ1v) is 6.85. The maximum absolute atomic E-state index is 6.00. The SMILES string of the molecule is CC1=C(c2ccc(C[N+](C)(C)N)cc2)CCCC1. The van der Waals surface area contributed by atoms with Crippen molar-refractivity contribution in [2.45, 2.75) is 39.2 Å². The van der Waals surface area contributed by atoms with E-state index in [1.807, 2.05) is 14.1 Å². The van der Waals surface area contributed by atoms with Gasteiger partial charge in [0.1, 0.15) is 6.54 Å². The summed E-state index contributed by atoms with van der Waals surface area (Å²) in [5.41, 5.74) is 5.84. The van der Waals surface area contributed by atoms with E-state index in [0.29, 0.717) is 4.59 Å². The highest BCUT2D eigenvalue weighted by Gasteiger charge is 2.13. The molecule has 0 heterocycles. The fraction of sp³-hybridized carbons (Fsp3) is 0.500. The third-order valence-electron chi connectivity index (χ3n) is 3.64. The molecule has 0 amide bonds. The molecule has 0 spiro atoms. The van der Waals surface area contributed by atoms with Gasteiger partial charge in [0.25, 0.3) is 0 Å². The Labute approximate surface area is 111 Å². The average molecular weight is 245 g/mol. The summed E-state index contributed by atoms with van der Waals surface area (Å²) >= 11 is 0. The Balaban J connectivity index is 2.17. The molecule has 0 saturated carbocycles. The third-order valence-corrected chi connectivity index (χ3v) is 3.64. The van der Waals surface area contributed by atoms with Gasteiger partial charge in [-0.15, -0.1) is 0 Å². The summed E-state index contributed by atoms with van der Waals surface area (Å²) in [6.45, 7) is 3.15. The molecule has 98 valence electrons. The van der Waals surface area contributed by atoms with Crippen molar-refractivity contribution in [3.05, 3.63) is 41.0 Å². The van der Waals surface area contributed by atoms with E-state index in [4.69, 9.17) is 5.84 Å². The Morgan fingerprint density at radius 1 is 1.06 bits per heavy atom. The fourth-order valence-electron chi connectivity index (χ4n) is 2.73. The maximum Gasteiger partial charge on any atom is 0.121 e. The van der Waals surface area contributed by atoms with Crippen molar-refractivity contribution in [1.82, 2.24) is 0 Å². The molecule has 0 unspecified atom stereocenters. The molecule has 1 aromatic carbocycles. The summed E-state index contributed by atoms with van der Waals surface area (Å²) < 4.78 is 0.487. The van der Waals surface area contributed by atoms with E-state index < -0.39 is 0 Å².